The number of nitrogens with one attached hydrogen (secondary N) is 2. The molecule has 0 spiro atoms. The number of benzene rings is 1. The molecule has 0 saturated heterocycles. The van der Waals surface area contributed by atoms with E-state index >= 15 is 0 Å². The van der Waals surface area contributed by atoms with Crippen LogP contribution in [0.25, 0.3) is 0 Å². The normalized spacial score (nSPS) is 13.1. The van der Waals surface area contributed by atoms with Crippen LogP contribution in [0, 0.1) is 0 Å². The number of aliphatic imine (C=N–C) groups is 2. The molecule has 1 aromatic carbocycles. The number of rotatable bonds is 4. The zero-order valence-corrected chi connectivity index (χ0v) is 17.7. The van der Waals surface area contributed by atoms with Crippen molar-refractivity contribution in [2.45, 2.75) is 52.4 Å². The van der Waals surface area contributed by atoms with Crippen LogP contribution in [0.2, 0.25) is 0 Å². The summed E-state index contributed by atoms with van der Waals surface area (Å²) in [6.07, 6.45) is 3.71. The Labute approximate surface area is 167 Å². The minimum atomic E-state index is 0.0935. The van der Waals surface area contributed by atoms with Crippen LogP contribution in [0.3, 0.4) is 0 Å². The number of H-pyrrole nitrogens is 2. The van der Waals surface area contributed by atoms with Gasteiger partial charge in [-0.3, -0.25) is 9.98 Å². The first-order chi connectivity index (χ1) is 13.1. The van der Waals surface area contributed by atoms with E-state index in [1.54, 1.807) is 0 Å². The van der Waals surface area contributed by atoms with Crippen molar-refractivity contribution in [1.29, 1.82) is 0 Å². The van der Waals surface area contributed by atoms with Crippen molar-refractivity contribution in [2.24, 2.45) is 9.98 Å². The summed E-state index contributed by atoms with van der Waals surface area (Å²) in [6, 6.07) is 16.3. The minimum absolute atomic E-state index is 0.0935. The molecule has 0 radical (unpaired) electrons. The second-order valence-electron chi connectivity index (χ2n) is 9.16. The Kier molecular flexibility index (Phi) is 5.41. The maximum atomic E-state index is 4.65. The van der Waals surface area contributed by atoms with Gasteiger partial charge in [0, 0.05) is 22.2 Å². The van der Waals surface area contributed by atoms with Gasteiger partial charge in [0.05, 0.1) is 35.2 Å². The van der Waals surface area contributed by atoms with Crippen molar-refractivity contribution in [3.05, 3.63) is 71.3 Å². The predicted molar refractivity (Wildman–Crippen MR) is 120 cm³/mol. The van der Waals surface area contributed by atoms with Gasteiger partial charge in [0.2, 0.25) is 0 Å². The van der Waals surface area contributed by atoms with E-state index in [9.17, 15) is 0 Å². The summed E-state index contributed by atoms with van der Waals surface area (Å²) in [6.45, 7) is 13.1. The van der Waals surface area contributed by atoms with Gasteiger partial charge in [-0.25, -0.2) is 0 Å². The molecule has 0 unspecified atom stereocenters. The van der Waals surface area contributed by atoms with Gasteiger partial charge in [-0.05, 0) is 36.4 Å². The zero-order chi connectivity index (χ0) is 20.4. The molecule has 0 amide bonds. The first-order valence-corrected chi connectivity index (χ1v) is 9.69. The smallest absolute Gasteiger partial charge is 0.0887 e. The topological polar surface area (TPSA) is 56.3 Å². The van der Waals surface area contributed by atoms with Crippen molar-refractivity contribution in [3.63, 3.8) is 0 Å². The van der Waals surface area contributed by atoms with Gasteiger partial charge in [0.15, 0.2) is 0 Å². The Morgan fingerprint density at radius 2 is 1.00 bits per heavy atom. The largest absolute Gasteiger partial charge is 0.357 e. The molecule has 0 atom stereocenters. The van der Waals surface area contributed by atoms with Crippen LogP contribution in [0.5, 0.6) is 0 Å². The lowest BCUT2D eigenvalue weighted by molar-refractivity contribution is 0.572. The molecule has 28 heavy (non-hydrogen) atoms. The number of aromatic amines is 2. The Morgan fingerprint density at radius 3 is 1.32 bits per heavy atom. The monoisotopic (exact) mass is 374 g/mol. The third kappa shape index (κ3) is 4.89. The van der Waals surface area contributed by atoms with Gasteiger partial charge in [0.1, 0.15) is 0 Å². The van der Waals surface area contributed by atoms with Crippen LogP contribution in [0.4, 0.5) is 11.4 Å². The number of aromatic nitrogens is 2. The number of nitrogens with zero attached hydrogens (tertiary/aromatic N) is 2. The molecule has 4 heteroatoms. The van der Waals surface area contributed by atoms with E-state index < -0.39 is 0 Å². The molecule has 0 aliphatic rings. The average Bonchev–Trinajstić information content (AvgIpc) is 3.27. The van der Waals surface area contributed by atoms with Gasteiger partial charge >= 0.3 is 0 Å². The summed E-state index contributed by atoms with van der Waals surface area (Å²) in [5.41, 5.74) is 6.24. The molecule has 2 heterocycles. The van der Waals surface area contributed by atoms with Gasteiger partial charge in [0.25, 0.3) is 0 Å². The SMILES string of the molecule is CC(C)(C)c1ccc(C=Nc2ccccc2N=Cc2ccc(C(C)(C)C)[nH]2)[nH]1. The van der Waals surface area contributed by atoms with E-state index in [0.29, 0.717) is 0 Å². The first kappa shape index (κ1) is 19.9. The fourth-order valence-electron chi connectivity index (χ4n) is 2.81. The highest BCUT2D eigenvalue weighted by Crippen LogP contribution is 2.28. The van der Waals surface area contributed by atoms with Gasteiger partial charge in [-0.2, -0.15) is 0 Å². The van der Waals surface area contributed by atoms with Crippen LogP contribution in [-0.4, -0.2) is 22.4 Å². The van der Waals surface area contributed by atoms with E-state index in [2.05, 4.69) is 85.8 Å². The number of hydrogen-bond donors (Lipinski definition) is 2. The van der Waals surface area contributed by atoms with Crippen LogP contribution in [-0.2, 0) is 10.8 Å². The molecule has 0 saturated carbocycles. The highest BCUT2D eigenvalue weighted by molar-refractivity contribution is 5.85. The zero-order valence-electron chi connectivity index (χ0n) is 17.7. The van der Waals surface area contributed by atoms with E-state index in [0.717, 1.165) is 22.8 Å². The van der Waals surface area contributed by atoms with Crippen LogP contribution in [0.1, 0.15) is 64.3 Å². The second kappa shape index (κ2) is 7.63. The molecule has 0 fully saturated rings. The van der Waals surface area contributed by atoms with Gasteiger partial charge < -0.3 is 9.97 Å². The van der Waals surface area contributed by atoms with E-state index in [1.165, 1.54) is 11.4 Å². The lowest BCUT2D eigenvalue weighted by Gasteiger charge is -2.15. The summed E-state index contributed by atoms with van der Waals surface area (Å²) in [7, 11) is 0. The van der Waals surface area contributed by atoms with Crippen molar-refractivity contribution in [3.8, 4) is 0 Å². The fourth-order valence-corrected chi connectivity index (χ4v) is 2.81. The minimum Gasteiger partial charge on any atom is -0.357 e. The number of para-hydroxylation sites is 2. The molecule has 4 nitrogen and oxygen atoms in total. The van der Waals surface area contributed by atoms with E-state index in [1.807, 2.05) is 36.7 Å². The predicted octanol–water partition coefficient (Wildman–Crippen LogP) is 6.44. The summed E-state index contributed by atoms with van der Waals surface area (Å²) in [5.74, 6) is 0. The van der Waals surface area contributed by atoms with Crippen molar-refractivity contribution in [2.75, 3.05) is 0 Å². The maximum absolute atomic E-state index is 4.65. The molecule has 0 bridgehead atoms. The van der Waals surface area contributed by atoms with Gasteiger partial charge in [-0.1, -0.05) is 53.7 Å². The Morgan fingerprint density at radius 1 is 0.607 bits per heavy atom. The molecule has 2 N–H and O–H groups in total. The quantitative estimate of drug-likeness (QED) is 0.494. The first-order valence-electron chi connectivity index (χ1n) is 9.69. The Bertz CT molecular complexity index is 907. The van der Waals surface area contributed by atoms with Crippen LogP contribution >= 0.6 is 0 Å². The van der Waals surface area contributed by atoms with Crippen LogP contribution < -0.4 is 0 Å². The number of hydrogen-bond acceptors (Lipinski definition) is 2. The average molecular weight is 375 g/mol. The van der Waals surface area contributed by atoms with E-state index in [4.69, 9.17) is 0 Å². The van der Waals surface area contributed by atoms with Crippen molar-refractivity contribution in [1.82, 2.24) is 9.97 Å². The lowest BCUT2D eigenvalue weighted by atomic mass is 9.93. The lowest BCUT2D eigenvalue weighted by Crippen LogP contribution is -2.11. The molecule has 2 aromatic heterocycles. The van der Waals surface area contributed by atoms with Gasteiger partial charge in [-0.15, -0.1) is 0 Å². The molecule has 146 valence electrons. The molecule has 0 aliphatic heterocycles. The molecule has 3 aromatic rings. The molecule has 0 aliphatic carbocycles. The molecular weight excluding hydrogens is 344 g/mol. The van der Waals surface area contributed by atoms with Crippen molar-refractivity contribution >= 4 is 23.8 Å². The molecular formula is C24H30N4. The third-order valence-electron chi connectivity index (χ3n) is 4.60. The van der Waals surface area contributed by atoms with E-state index in [-0.39, 0.29) is 10.8 Å². The maximum Gasteiger partial charge on any atom is 0.0887 e. The van der Waals surface area contributed by atoms with Crippen molar-refractivity contribution < 1.29 is 0 Å². The standard InChI is InChI=1S/C24H30N4/c1-23(2,3)21-13-11-17(27-21)15-25-19-9-7-8-10-20(19)26-16-18-12-14-22(28-18)24(4,5)6/h7-16,27-28H,1-6H3. The Balaban J connectivity index is 1.79. The second-order valence-corrected chi connectivity index (χ2v) is 9.16. The summed E-state index contributed by atoms with van der Waals surface area (Å²) < 4.78 is 0. The Hall–Kier alpha value is -2.88. The summed E-state index contributed by atoms with van der Waals surface area (Å²) >= 11 is 0. The third-order valence-corrected chi connectivity index (χ3v) is 4.60. The molecule has 3 rings (SSSR count). The van der Waals surface area contributed by atoms with Crippen LogP contribution in [0.15, 0.2) is 58.5 Å². The highest BCUT2D eigenvalue weighted by atomic mass is 14.9. The highest BCUT2D eigenvalue weighted by Gasteiger charge is 2.15. The summed E-state index contributed by atoms with van der Waals surface area (Å²) in [4.78, 5) is 16.1. The summed E-state index contributed by atoms with van der Waals surface area (Å²) in [5, 5.41) is 0. The fraction of sp³-hybridized carbons (Fsp3) is 0.333.